The van der Waals surface area contributed by atoms with Crippen molar-refractivity contribution in [3.8, 4) is 34.0 Å². The van der Waals surface area contributed by atoms with Crippen LogP contribution in [-0.2, 0) is 0 Å². The van der Waals surface area contributed by atoms with Crippen LogP contribution in [0.1, 0.15) is 5.56 Å². The molecule has 0 unspecified atom stereocenters. The van der Waals surface area contributed by atoms with E-state index in [0.717, 1.165) is 16.8 Å². The molecule has 0 bridgehead atoms. The standard InChI is InChI=1S/C31H20N2/c32-21-22-9-11-23(12-10-22)24-13-15-25(16-14-24)26-17-19-27(20-18-26)33-30-7-3-1-5-28(30)29-6-2-4-8-31(29)33/h1-20H. The van der Waals surface area contributed by atoms with Gasteiger partial charge in [0, 0.05) is 16.5 Å². The van der Waals surface area contributed by atoms with Crippen LogP contribution in [0.4, 0.5) is 0 Å². The van der Waals surface area contributed by atoms with Gasteiger partial charge in [0.2, 0.25) is 0 Å². The molecule has 1 heterocycles. The van der Waals surface area contributed by atoms with E-state index >= 15 is 0 Å². The van der Waals surface area contributed by atoms with Gasteiger partial charge in [0.15, 0.2) is 0 Å². The summed E-state index contributed by atoms with van der Waals surface area (Å²) in [6.07, 6.45) is 0. The molecule has 0 spiro atoms. The number of nitriles is 1. The highest BCUT2D eigenvalue weighted by atomic mass is 15.0. The molecule has 0 amide bonds. The number of hydrogen-bond acceptors (Lipinski definition) is 1. The highest BCUT2D eigenvalue weighted by Gasteiger charge is 2.11. The molecule has 6 rings (SSSR count). The van der Waals surface area contributed by atoms with Gasteiger partial charge in [0.25, 0.3) is 0 Å². The molecule has 0 aliphatic heterocycles. The number of fused-ring (bicyclic) bond motifs is 3. The lowest BCUT2D eigenvalue weighted by Gasteiger charge is -2.10. The van der Waals surface area contributed by atoms with Crippen LogP contribution >= 0.6 is 0 Å². The predicted molar refractivity (Wildman–Crippen MR) is 136 cm³/mol. The van der Waals surface area contributed by atoms with Crippen LogP contribution in [0.5, 0.6) is 0 Å². The molecule has 1 aromatic heterocycles. The minimum absolute atomic E-state index is 0.679. The molecule has 0 N–H and O–H groups in total. The predicted octanol–water partition coefficient (Wildman–Crippen LogP) is 7.99. The molecule has 2 nitrogen and oxygen atoms in total. The largest absolute Gasteiger partial charge is 0.309 e. The van der Waals surface area contributed by atoms with Crippen LogP contribution in [0.2, 0.25) is 0 Å². The van der Waals surface area contributed by atoms with E-state index in [1.165, 1.54) is 32.9 Å². The molecule has 154 valence electrons. The maximum Gasteiger partial charge on any atom is 0.0991 e. The van der Waals surface area contributed by atoms with Gasteiger partial charge in [-0.3, -0.25) is 0 Å². The molecule has 0 atom stereocenters. The zero-order chi connectivity index (χ0) is 22.2. The van der Waals surface area contributed by atoms with Gasteiger partial charge >= 0.3 is 0 Å². The van der Waals surface area contributed by atoms with Gasteiger partial charge in [-0.25, -0.2) is 0 Å². The number of rotatable bonds is 3. The van der Waals surface area contributed by atoms with Crippen molar-refractivity contribution in [2.45, 2.75) is 0 Å². The van der Waals surface area contributed by atoms with Crippen LogP contribution in [0.25, 0.3) is 49.7 Å². The van der Waals surface area contributed by atoms with Crippen LogP contribution < -0.4 is 0 Å². The van der Waals surface area contributed by atoms with Gasteiger partial charge in [-0.2, -0.15) is 5.26 Å². The van der Waals surface area contributed by atoms with Crippen molar-refractivity contribution in [3.05, 3.63) is 127 Å². The molecule has 2 heteroatoms. The number of nitrogens with zero attached hydrogens (tertiary/aromatic N) is 2. The van der Waals surface area contributed by atoms with Gasteiger partial charge in [-0.15, -0.1) is 0 Å². The fraction of sp³-hybridized carbons (Fsp3) is 0. The number of hydrogen-bond donors (Lipinski definition) is 0. The maximum atomic E-state index is 8.99. The quantitative estimate of drug-likeness (QED) is 0.285. The van der Waals surface area contributed by atoms with Crippen LogP contribution in [-0.4, -0.2) is 4.57 Å². The third-order valence-electron chi connectivity index (χ3n) is 6.27. The summed E-state index contributed by atoms with van der Waals surface area (Å²) < 4.78 is 2.34. The van der Waals surface area contributed by atoms with Gasteiger partial charge < -0.3 is 4.57 Å². The summed E-state index contributed by atoms with van der Waals surface area (Å²) >= 11 is 0. The summed E-state index contributed by atoms with van der Waals surface area (Å²) in [4.78, 5) is 0. The second-order valence-corrected chi connectivity index (χ2v) is 8.18. The summed E-state index contributed by atoms with van der Waals surface area (Å²) in [6.45, 7) is 0. The lowest BCUT2D eigenvalue weighted by molar-refractivity contribution is 1.18. The van der Waals surface area contributed by atoms with E-state index in [1.807, 2.05) is 24.3 Å². The Morgan fingerprint density at radius 1 is 0.455 bits per heavy atom. The number of para-hydroxylation sites is 2. The van der Waals surface area contributed by atoms with Crippen molar-refractivity contribution in [3.63, 3.8) is 0 Å². The molecular weight excluding hydrogens is 400 g/mol. The highest BCUT2D eigenvalue weighted by Crippen LogP contribution is 2.32. The maximum absolute atomic E-state index is 8.99. The topological polar surface area (TPSA) is 28.7 Å². The Balaban J connectivity index is 1.36. The van der Waals surface area contributed by atoms with Gasteiger partial charge in [0.05, 0.1) is 22.7 Å². The lowest BCUT2D eigenvalue weighted by Crippen LogP contribution is -1.93. The summed E-state index contributed by atoms with van der Waals surface area (Å²) in [5.41, 5.74) is 8.90. The molecule has 6 aromatic rings. The third-order valence-corrected chi connectivity index (χ3v) is 6.27. The van der Waals surface area contributed by atoms with Crippen LogP contribution in [0.15, 0.2) is 121 Å². The highest BCUT2D eigenvalue weighted by molar-refractivity contribution is 6.09. The molecule has 0 fully saturated rings. The first kappa shape index (κ1) is 19.1. The lowest BCUT2D eigenvalue weighted by atomic mass is 9.99. The SMILES string of the molecule is N#Cc1ccc(-c2ccc(-c3ccc(-n4c5ccccc5c5ccccc54)cc3)cc2)cc1. The first-order valence-electron chi connectivity index (χ1n) is 11.0. The summed E-state index contributed by atoms with van der Waals surface area (Å²) in [6, 6.07) is 44.4. The van der Waals surface area contributed by atoms with Crippen molar-refractivity contribution in [1.82, 2.24) is 4.57 Å². The van der Waals surface area contributed by atoms with E-state index < -0.39 is 0 Å². The fourth-order valence-corrected chi connectivity index (χ4v) is 4.60. The van der Waals surface area contributed by atoms with Gasteiger partial charge in [-0.05, 0) is 58.7 Å². The summed E-state index contributed by atoms with van der Waals surface area (Å²) in [7, 11) is 0. The van der Waals surface area contributed by atoms with Crippen molar-refractivity contribution in [2.24, 2.45) is 0 Å². The normalized spacial score (nSPS) is 11.0. The van der Waals surface area contributed by atoms with E-state index in [4.69, 9.17) is 5.26 Å². The molecular formula is C31H20N2. The number of benzene rings is 5. The Bertz CT molecular complexity index is 1580. The Hall–Kier alpha value is -4.61. The van der Waals surface area contributed by atoms with E-state index in [0.29, 0.717) is 5.56 Å². The Morgan fingerprint density at radius 2 is 0.848 bits per heavy atom. The van der Waals surface area contributed by atoms with Gasteiger partial charge in [-0.1, -0.05) is 84.9 Å². The minimum Gasteiger partial charge on any atom is -0.309 e. The van der Waals surface area contributed by atoms with E-state index in [2.05, 4.69) is 108 Å². The molecule has 33 heavy (non-hydrogen) atoms. The average molecular weight is 421 g/mol. The molecule has 0 radical (unpaired) electrons. The van der Waals surface area contributed by atoms with Crippen LogP contribution in [0.3, 0.4) is 0 Å². The van der Waals surface area contributed by atoms with Crippen molar-refractivity contribution < 1.29 is 0 Å². The third kappa shape index (κ3) is 3.28. The smallest absolute Gasteiger partial charge is 0.0991 e. The molecule has 0 aliphatic rings. The fourth-order valence-electron chi connectivity index (χ4n) is 4.60. The van der Waals surface area contributed by atoms with Gasteiger partial charge in [0.1, 0.15) is 0 Å². The van der Waals surface area contributed by atoms with Crippen molar-refractivity contribution in [2.75, 3.05) is 0 Å². The van der Waals surface area contributed by atoms with E-state index in [9.17, 15) is 0 Å². The van der Waals surface area contributed by atoms with E-state index in [1.54, 1.807) is 0 Å². The molecule has 0 saturated carbocycles. The molecule has 0 saturated heterocycles. The monoisotopic (exact) mass is 420 g/mol. The number of aromatic nitrogens is 1. The second-order valence-electron chi connectivity index (χ2n) is 8.18. The molecule has 5 aromatic carbocycles. The van der Waals surface area contributed by atoms with Crippen molar-refractivity contribution in [1.29, 1.82) is 5.26 Å². The van der Waals surface area contributed by atoms with E-state index in [-0.39, 0.29) is 0 Å². The second kappa shape index (κ2) is 7.82. The molecule has 0 aliphatic carbocycles. The van der Waals surface area contributed by atoms with Crippen LogP contribution in [0, 0.1) is 11.3 Å². The Kier molecular flexibility index (Phi) is 4.53. The Morgan fingerprint density at radius 3 is 1.30 bits per heavy atom. The first-order valence-corrected chi connectivity index (χ1v) is 11.0. The minimum atomic E-state index is 0.679. The first-order chi connectivity index (χ1) is 16.3. The average Bonchev–Trinajstić information content (AvgIpc) is 3.23. The summed E-state index contributed by atoms with van der Waals surface area (Å²) in [5, 5.41) is 11.5. The summed E-state index contributed by atoms with van der Waals surface area (Å²) in [5.74, 6) is 0. The zero-order valence-corrected chi connectivity index (χ0v) is 17.9. The zero-order valence-electron chi connectivity index (χ0n) is 17.9. The Labute approximate surface area is 192 Å². The van der Waals surface area contributed by atoms with Crippen molar-refractivity contribution >= 4 is 21.8 Å².